The molecule has 0 unspecified atom stereocenters. The number of fused-ring (bicyclic) bond motifs is 2. The molecule has 164 valence electrons. The van der Waals surface area contributed by atoms with Crippen molar-refractivity contribution in [2.24, 2.45) is 0 Å². The summed E-state index contributed by atoms with van der Waals surface area (Å²) in [7, 11) is -5.96. The fraction of sp³-hybridized carbons (Fsp3) is 0.444. The molecule has 4 heterocycles. The highest BCUT2D eigenvalue weighted by atomic mass is 32.2. The number of carbonyl (C=O) groups is 2. The van der Waals surface area contributed by atoms with Crippen LogP contribution in [0.25, 0.3) is 0 Å². The molecule has 0 atom stereocenters. The third-order valence-corrected chi connectivity index (χ3v) is 10.1. The minimum atomic E-state index is -2.99. The summed E-state index contributed by atoms with van der Waals surface area (Å²) in [5, 5.41) is 8.73. The molecule has 2 aliphatic heterocycles. The van der Waals surface area contributed by atoms with Crippen LogP contribution in [-0.4, -0.2) is 52.0 Å². The standard InChI is InChI=1S/C10H12O4S2.C8H8O4S2/c1-2-14-10(11)9-5-7-6-16(12,13)4-3-8(7)15-9;9-8(10)7-3-5-4-14(11,12)2-1-6(5)13-7/h5H,2-4,6H2,1H3;3H,1-2,4H2,(H,9,10). The fourth-order valence-electron chi connectivity index (χ4n) is 3.12. The number of carbonyl (C=O) groups excluding carboxylic acids is 1. The normalized spacial score (nSPS) is 18.3. The maximum Gasteiger partial charge on any atom is 0.348 e. The first-order valence-corrected chi connectivity index (χ1v) is 14.3. The van der Waals surface area contributed by atoms with Gasteiger partial charge in [-0.2, -0.15) is 0 Å². The van der Waals surface area contributed by atoms with Crippen LogP contribution in [0.3, 0.4) is 0 Å². The Kier molecular flexibility index (Phi) is 6.70. The van der Waals surface area contributed by atoms with Gasteiger partial charge >= 0.3 is 11.9 Å². The number of hydrogen-bond acceptors (Lipinski definition) is 9. The number of thiophene rings is 2. The van der Waals surface area contributed by atoms with Crippen molar-refractivity contribution in [2.75, 3.05) is 18.1 Å². The van der Waals surface area contributed by atoms with Crippen LogP contribution in [0.2, 0.25) is 0 Å². The van der Waals surface area contributed by atoms with E-state index in [4.69, 9.17) is 9.84 Å². The Hall–Kier alpha value is -1.76. The number of sulfone groups is 2. The Bertz CT molecular complexity index is 1180. The van der Waals surface area contributed by atoms with E-state index in [0.717, 1.165) is 15.3 Å². The van der Waals surface area contributed by atoms with Crippen molar-refractivity contribution in [3.63, 3.8) is 0 Å². The number of aryl methyl sites for hydroxylation is 2. The molecule has 30 heavy (non-hydrogen) atoms. The van der Waals surface area contributed by atoms with Crippen LogP contribution in [0.4, 0.5) is 0 Å². The zero-order valence-corrected chi connectivity index (χ0v) is 19.3. The molecule has 0 saturated carbocycles. The van der Waals surface area contributed by atoms with Crippen molar-refractivity contribution in [2.45, 2.75) is 31.3 Å². The van der Waals surface area contributed by atoms with Crippen LogP contribution in [-0.2, 0) is 48.8 Å². The second kappa shape index (κ2) is 8.77. The third-order valence-electron chi connectivity index (χ3n) is 4.51. The van der Waals surface area contributed by atoms with Gasteiger partial charge in [0.1, 0.15) is 9.75 Å². The molecule has 12 heteroatoms. The highest BCUT2D eigenvalue weighted by Gasteiger charge is 2.26. The van der Waals surface area contributed by atoms with Gasteiger partial charge in [-0.3, -0.25) is 0 Å². The van der Waals surface area contributed by atoms with Gasteiger partial charge in [-0.15, -0.1) is 22.7 Å². The van der Waals surface area contributed by atoms with E-state index in [-0.39, 0.29) is 33.9 Å². The quantitative estimate of drug-likeness (QED) is 0.646. The van der Waals surface area contributed by atoms with Gasteiger partial charge in [0.2, 0.25) is 0 Å². The molecule has 2 aromatic heterocycles. The molecule has 0 fully saturated rings. The molecule has 1 N–H and O–H groups in total. The number of ether oxygens (including phenoxy) is 1. The maximum atomic E-state index is 11.5. The lowest BCUT2D eigenvalue weighted by Gasteiger charge is -2.10. The smallest absolute Gasteiger partial charge is 0.348 e. The summed E-state index contributed by atoms with van der Waals surface area (Å²) < 4.78 is 50.2. The number of aromatic carboxylic acids is 1. The fourth-order valence-corrected chi connectivity index (χ4v) is 8.44. The van der Waals surface area contributed by atoms with Crippen LogP contribution >= 0.6 is 22.7 Å². The molecule has 0 bridgehead atoms. The highest BCUT2D eigenvalue weighted by molar-refractivity contribution is 7.91. The second-order valence-electron chi connectivity index (χ2n) is 6.83. The lowest BCUT2D eigenvalue weighted by molar-refractivity contribution is 0.0531. The van der Waals surface area contributed by atoms with E-state index in [1.165, 1.54) is 28.7 Å². The van der Waals surface area contributed by atoms with E-state index in [2.05, 4.69) is 0 Å². The second-order valence-corrected chi connectivity index (χ2v) is 13.5. The lowest BCUT2D eigenvalue weighted by Crippen LogP contribution is -2.16. The number of hydrogen-bond donors (Lipinski definition) is 1. The zero-order chi connectivity index (χ0) is 22.1. The van der Waals surface area contributed by atoms with Gasteiger partial charge < -0.3 is 9.84 Å². The molecule has 4 rings (SSSR count). The first-order chi connectivity index (χ1) is 14.0. The first kappa shape index (κ1) is 22.9. The lowest BCUT2D eigenvalue weighted by atomic mass is 10.2. The van der Waals surface area contributed by atoms with Crippen molar-refractivity contribution in [1.29, 1.82) is 0 Å². The number of carboxylic acids is 1. The van der Waals surface area contributed by atoms with Crippen molar-refractivity contribution in [3.05, 3.63) is 42.8 Å². The SMILES string of the molecule is CCOC(=O)c1cc2c(s1)CCS(=O)(=O)C2.O=C(O)c1cc2c(s1)CCS(=O)(=O)C2. The minimum absolute atomic E-state index is 0.00782. The molecule has 0 radical (unpaired) electrons. The summed E-state index contributed by atoms with van der Waals surface area (Å²) >= 11 is 2.53. The van der Waals surface area contributed by atoms with Gasteiger partial charge in [0.15, 0.2) is 19.7 Å². The van der Waals surface area contributed by atoms with Gasteiger partial charge in [0.25, 0.3) is 0 Å². The molecule has 8 nitrogen and oxygen atoms in total. The summed E-state index contributed by atoms with van der Waals surface area (Å²) in [5.41, 5.74) is 1.43. The molecular weight excluding hydrogens is 472 g/mol. The molecule has 2 aliphatic rings. The van der Waals surface area contributed by atoms with Crippen molar-refractivity contribution < 1.29 is 36.3 Å². The predicted molar refractivity (Wildman–Crippen MR) is 114 cm³/mol. The van der Waals surface area contributed by atoms with Crippen molar-refractivity contribution in [3.8, 4) is 0 Å². The summed E-state index contributed by atoms with van der Waals surface area (Å²) in [6.07, 6.45) is 0.970. The summed E-state index contributed by atoms with van der Waals surface area (Å²) in [6.45, 7) is 2.08. The van der Waals surface area contributed by atoms with Gasteiger partial charge in [-0.05, 0) is 43.0 Å². The Morgan fingerprint density at radius 2 is 1.40 bits per heavy atom. The van der Waals surface area contributed by atoms with Crippen molar-refractivity contribution >= 4 is 54.3 Å². The molecule has 0 amide bonds. The van der Waals surface area contributed by atoms with Crippen molar-refractivity contribution in [1.82, 2.24) is 0 Å². The molecule has 2 aromatic rings. The first-order valence-electron chi connectivity index (χ1n) is 9.04. The molecule has 0 aliphatic carbocycles. The molecule has 0 aromatic carbocycles. The van der Waals surface area contributed by atoms with Crippen LogP contribution in [0.15, 0.2) is 12.1 Å². The minimum Gasteiger partial charge on any atom is -0.477 e. The van der Waals surface area contributed by atoms with E-state index >= 15 is 0 Å². The van der Waals surface area contributed by atoms with Crippen LogP contribution in [0.1, 0.15) is 47.1 Å². The summed E-state index contributed by atoms with van der Waals surface area (Å²) in [5.74, 6) is -0.978. The molecular formula is C18H20O8S4. The average Bonchev–Trinajstić information content (AvgIpc) is 3.24. The maximum absolute atomic E-state index is 11.5. The third kappa shape index (κ3) is 5.48. The molecule has 0 spiro atoms. The van der Waals surface area contributed by atoms with Gasteiger partial charge in [0, 0.05) is 9.75 Å². The van der Waals surface area contributed by atoms with Crippen LogP contribution in [0, 0.1) is 0 Å². The van der Waals surface area contributed by atoms with E-state index in [1.807, 2.05) is 0 Å². The van der Waals surface area contributed by atoms with E-state index in [1.54, 1.807) is 13.0 Å². The number of carboxylic acid groups (broad SMARTS) is 1. The number of rotatable bonds is 3. The van der Waals surface area contributed by atoms with E-state index in [9.17, 15) is 26.4 Å². The van der Waals surface area contributed by atoms with E-state index < -0.39 is 25.6 Å². The average molecular weight is 493 g/mol. The van der Waals surface area contributed by atoms with Gasteiger partial charge in [-0.25, -0.2) is 26.4 Å². The van der Waals surface area contributed by atoms with Crippen LogP contribution < -0.4 is 0 Å². The Morgan fingerprint density at radius 3 is 1.87 bits per heavy atom. The van der Waals surface area contributed by atoms with Gasteiger partial charge in [-0.1, -0.05) is 0 Å². The monoisotopic (exact) mass is 492 g/mol. The topological polar surface area (TPSA) is 132 Å². The zero-order valence-electron chi connectivity index (χ0n) is 16.0. The van der Waals surface area contributed by atoms with Crippen LogP contribution in [0.5, 0.6) is 0 Å². The summed E-state index contributed by atoms with van der Waals surface area (Å²) in [4.78, 5) is 24.7. The Labute approximate surface area is 182 Å². The van der Waals surface area contributed by atoms with Gasteiger partial charge in [0.05, 0.1) is 29.6 Å². The summed E-state index contributed by atoms with van der Waals surface area (Å²) in [6, 6.07) is 3.12. The largest absolute Gasteiger partial charge is 0.477 e. The predicted octanol–water partition coefficient (Wildman–Crippen LogP) is 2.31. The molecule has 0 saturated heterocycles. The van der Waals surface area contributed by atoms with E-state index in [0.29, 0.717) is 29.9 Å². The number of esters is 1. The highest BCUT2D eigenvalue weighted by Crippen LogP contribution is 2.30. The Morgan fingerprint density at radius 1 is 0.933 bits per heavy atom. The Balaban J connectivity index is 0.000000172.